The molecule has 0 bridgehead atoms. The van der Waals surface area contributed by atoms with Gasteiger partial charge < -0.3 is 15.7 Å². The van der Waals surface area contributed by atoms with Crippen LogP contribution >= 0.6 is 11.8 Å². The summed E-state index contributed by atoms with van der Waals surface area (Å²) in [5, 5.41) is 14.5. The molecule has 0 saturated carbocycles. The highest BCUT2D eigenvalue weighted by atomic mass is 32.2. The zero-order valence-electron chi connectivity index (χ0n) is 10.4. The lowest BCUT2D eigenvalue weighted by Crippen LogP contribution is -2.11. The first-order chi connectivity index (χ1) is 8.77. The Kier molecular flexibility index (Phi) is 7.43. The Balaban J connectivity index is 2.34. The Labute approximate surface area is 111 Å². The van der Waals surface area contributed by atoms with E-state index in [-0.39, 0.29) is 12.4 Å². The van der Waals surface area contributed by atoms with E-state index >= 15 is 0 Å². The van der Waals surface area contributed by atoms with Gasteiger partial charge in [-0.3, -0.25) is 0 Å². The van der Waals surface area contributed by atoms with E-state index in [1.807, 2.05) is 6.92 Å². The number of aliphatic hydroxyl groups excluding tert-OH is 1. The van der Waals surface area contributed by atoms with Crippen LogP contribution in [0.1, 0.15) is 13.3 Å². The van der Waals surface area contributed by atoms with E-state index in [1.54, 1.807) is 11.8 Å². The van der Waals surface area contributed by atoms with Gasteiger partial charge in [-0.05, 0) is 19.1 Å². The molecule has 5 nitrogen and oxygen atoms in total. The first-order valence-corrected chi connectivity index (χ1v) is 7.12. The average Bonchev–Trinajstić information content (AvgIpc) is 2.37. The summed E-state index contributed by atoms with van der Waals surface area (Å²) in [6.07, 6.45) is 1.95. The maximum absolute atomic E-state index is 13.4. The van der Waals surface area contributed by atoms with Gasteiger partial charge in [0.2, 0.25) is 5.95 Å². The fourth-order valence-electron chi connectivity index (χ4n) is 1.24. The molecular weight excluding hydrogens is 255 g/mol. The largest absolute Gasteiger partial charge is 0.396 e. The van der Waals surface area contributed by atoms with Crippen LogP contribution in [0.4, 0.5) is 16.2 Å². The Bertz CT molecular complexity index is 354. The molecule has 7 heteroatoms. The predicted molar refractivity (Wildman–Crippen MR) is 73.7 cm³/mol. The fourth-order valence-corrected chi connectivity index (χ4v) is 2.03. The molecule has 0 fully saturated rings. The molecule has 0 amide bonds. The van der Waals surface area contributed by atoms with E-state index in [1.165, 1.54) is 0 Å². The monoisotopic (exact) mass is 274 g/mol. The second-order valence-corrected chi connectivity index (χ2v) is 4.76. The minimum atomic E-state index is -0.447. The van der Waals surface area contributed by atoms with Crippen LogP contribution in [-0.2, 0) is 0 Å². The predicted octanol–water partition coefficient (Wildman–Crippen LogP) is 1.57. The van der Waals surface area contributed by atoms with Crippen molar-refractivity contribution in [3.05, 3.63) is 12.0 Å². The Morgan fingerprint density at radius 3 is 2.94 bits per heavy atom. The van der Waals surface area contributed by atoms with Crippen LogP contribution in [0.15, 0.2) is 6.20 Å². The van der Waals surface area contributed by atoms with Crippen molar-refractivity contribution in [1.29, 1.82) is 0 Å². The van der Waals surface area contributed by atoms with Crippen LogP contribution in [0.2, 0.25) is 0 Å². The minimum Gasteiger partial charge on any atom is -0.396 e. The van der Waals surface area contributed by atoms with Crippen molar-refractivity contribution in [1.82, 2.24) is 9.97 Å². The number of anilines is 2. The van der Waals surface area contributed by atoms with Gasteiger partial charge in [-0.15, -0.1) is 0 Å². The zero-order valence-corrected chi connectivity index (χ0v) is 11.3. The van der Waals surface area contributed by atoms with Crippen molar-refractivity contribution in [3.8, 4) is 0 Å². The highest BCUT2D eigenvalue weighted by molar-refractivity contribution is 7.99. The lowest BCUT2D eigenvalue weighted by atomic mass is 10.5. The first kappa shape index (κ1) is 15.0. The quantitative estimate of drug-likeness (QED) is 0.594. The molecular formula is C11H19FN4OS. The third-order valence-corrected chi connectivity index (χ3v) is 3.13. The molecule has 1 aromatic heterocycles. The minimum absolute atomic E-state index is 0.215. The van der Waals surface area contributed by atoms with Gasteiger partial charge in [0.15, 0.2) is 11.6 Å². The number of nitrogens with zero attached hydrogens (tertiary/aromatic N) is 2. The van der Waals surface area contributed by atoms with Gasteiger partial charge in [-0.2, -0.15) is 16.7 Å². The molecule has 18 heavy (non-hydrogen) atoms. The van der Waals surface area contributed by atoms with Crippen LogP contribution in [0.25, 0.3) is 0 Å². The van der Waals surface area contributed by atoms with Crippen molar-refractivity contribution in [2.75, 3.05) is 41.8 Å². The van der Waals surface area contributed by atoms with Crippen molar-refractivity contribution >= 4 is 23.5 Å². The van der Waals surface area contributed by atoms with Gasteiger partial charge in [-0.25, -0.2) is 9.37 Å². The third-order valence-electron chi connectivity index (χ3n) is 2.06. The molecule has 0 aromatic carbocycles. The number of rotatable bonds is 9. The lowest BCUT2D eigenvalue weighted by molar-refractivity contribution is 0.296. The Hall–Kier alpha value is -1.08. The smallest absolute Gasteiger partial charge is 0.224 e. The number of thioether (sulfide) groups is 1. The van der Waals surface area contributed by atoms with E-state index in [9.17, 15) is 4.39 Å². The van der Waals surface area contributed by atoms with Gasteiger partial charge in [0.05, 0.1) is 6.20 Å². The SMILES string of the molecule is CCNc1ncc(F)c(NCCSCCCO)n1. The van der Waals surface area contributed by atoms with E-state index in [0.717, 1.165) is 24.1 Å². The zero-order chi connectivity index (χ0) is 13.2. The van der Waals surface area contributed by atoms with Crippen molar-refractivity contribution < 1.29 is 9.50 Å². The molecule has 1 heterocycles. The molecule has 0 unspecified atom stereocenters. The number of hydrogen-bond donors (Lipinski definition) is 3. The van der Waals surface area contributed by atoms with E-state index < -0.39 is 5.82 Å². The van der Waals surface area contributed by atoms with Crippen molar-refractivity contribution in [2.45, 2.75) is 13.3 Å². The van der Waals surface area contributed by atoms with Crippen molar-refractivity contribution in [3.63, 3.8) is 0 Å². The van der Waals surface area contributed by atoms with Gasteiger partial charge in [0.1, 0.15) is 0 Å². The molecule has 0 atom stereocenters. The van der Waals surface area contributed by atoms with Gasteiger partial charge in [0.25, 0.3) is 0 Å². The van der Waals surface area contributed by atoms with Crippen LogP contribution in [0.3, 0.4) is 0 Å². The second kappa shape index (κ2) is 8.93. The third kappa shape index (κ3) is 5.50. The van der Waals surface area contributed by atoms with Gasteiger partial charge >= 0.3 is 0 Å². The average molecular weight is 274 g/mol. The normalized spacial score (nSPS) is 10.4. The summed E-state index contributed by atoms with van der Waals surface area (Å²) < 4.78 is 13.4. The molecule has 0 radical (unpaired) electrons. The number of nitrogens with one attached hydrogen (secondary N) is 2. The number of aliphatic hydroxyl groups is 1. The second-order valence-electron chi connectivity index (χ2n) is 3.54. The maximum Gasteiger partial charge on any atom is 0.224 e. The van der Waals surface area contributed by atoms with Crippen molar-refractivity contribution in [2.24, 2.45) is 0 Å². The molecule has 3 N–H and O–H groups in total. The molecule has 1 aromatic rings. The van der Waals surface area contributed by atoms with Crippen LogP contribution < -0.4 is 10.6 Å². The van der Waals surface area contributed by atoms with Gasteiger partial charge in [-0.1, -0.05) is 0 Å². The Morgan fingerprint density at radius 2 is 2.22 bits per heavy atom. The highest BCUT2D eigenvalue weighted by Crippen LogP contribution is 2.12. The van der Waals surface area contributed by atoms with Crippen LogP contribution in [0, 0.1) is 5.82 Å². The lowest BCUT2D eigenvalue weighted by Gasteiger charge is -2.08. The highest BCUT2D eigenvalue weighted by Gasteiger charge is 2.05. The number of hydrogen-bond acceptors (Lipinski definition) is 6. The summed E-state index contributed by atoms with van der Waals surface area (Å²) in [6.45, 7) is 3.47. The van der Waals surface area contributed by atoms with E-state index in [0.29, 0.717) is 19.0 Å². The molecule has 102 valence electrons. The Morgan fingerprint density at radius 1 is 1.39 bits per heavy atom. The molecule has 1 rings (SSSR count). The number of halogens is 1. The van der Waals surface area contributed by atoms with Gasteiger partial charge in [0, 0.05) is 25.4 Å². The van der Waals surface area contributed by atoms with Crippen LogP contribution in [0.5, 0.6) is 0 Å². The van der Waals surface area contributed by atoms with Crippen LogP contribution in [-0.4, -0.2) is 46.3 Å². The topological polar surface area (TPSA) is 70.1 Å². The fraction of sp³-hybridized carbons (Fsp3) is 0.636. The molecule has 0 spiro atoms. The summed E-state index contributed by atoms with van der Waals surface area (Å²) in [6, 6.07) is 0. The maximum atomic E-state index is 13.4. The standard InChI is InChI=1S/C11H19FN4OS/c1-2-13-11-15-8-9(12)10(16-11)14-4-7-18-6-3-5-17/h8,17H,2-7H2,1H3,(H2,13,14,15,16). The summed E-state index contributed by atoms with van der Waals surface area (Å²) in [4.78, 5) is 7.87. The summed E-state index contributed by atoms with van der Waals surface area (Å²) in [5.74, 6) is 1.96. The summed E-state index contributed by atoms with van der Waals surface area (Å²) in [5.41, 5.74) is 0. The number of aromatic nitrogens is 2. The summed E-state index contributed by atoms with van der Waals surface area (Å²) >= 11 is 1.71. The molecule has 0 aliphatic carbocycles. The summed E-state index contributed by atoms with van der Waals surface area (Å²) in [7, 11) is 0. The van der Waals surface area contributed by atoms with E-state index in [4.69, 9.17) is 5.11 Å². The van der Waals surface area contributed by atoms with E-state index in [2.05, 4.69) is 20.6 Å². The molecule has 0 saturated heterocycles. The molecule has 0 aliphatic rings. The first-order valence-electron chi connectivity index (χ1n) is 5.96. The molecule has 0 aliphatic heterocycles.